The number of esters is 1. The highest BCUT2D eigenvalue weighted by molar-refractivity contribution is 5.98. The van der Waals surface area contributed by atoms with Crippen LogP contribution in [0.3, 0.4) is 0 Å². The molecule has 1 aliphatic carbocycles. The number of carbonyl (C=O) groups is 3. The lowest BCUT2D eigenvalue weighted by molar-refractivity contribution is -0.149. The van der Waals surface area contributed by atoms with Crippen LogP contribution in [0, 0.1) is 5.92 Å². The number of hydrogen-bond acceptors (Lipinski definition) is 5. The quantitative estimate of drug-likeness (QED) is 0.304. The normalized spacial score (nSPS) is 17.2. The molecule has 1 aliphatic rings. The van der Waals surface area contributed by atoms with Crippen LogP contribution in [-0.2, 0) is 9.53 Å². The predicted molar refractivity (Wildman–Crippen MR) is 141 cm³/mol. The minimum Gasteiger partial charge on any atom is -0.466 e. The van der Waals surface area contributed by atoms with E-state index in [1.165, 1.54) is 0 Å². The molecule has 0 atom stereocenters. The maximum Gasteiger partial charge on any atom is 0.308 e. The monoisotopic (exact) mass is 487 g/mol. The molecule has 36 heavy (non-hydrogen) atoms. The van der Waals surface area contributed by atoms with E-state index >= 15 is 0 Å². The van der Waals surface area contributed by atoms with Crippen molar-refractivity contribution in [2.24, 2.45) is 5.92 Å². The van der Waals surface area contributed by atoms with Crippen molar-refractivity contribution in [3.05, 3.63) is 77.9 Å². The van der Waals surface area contributed by atoms with Crippen molar-refractivity contribution in [1.29, 1.82) is 0 Å². The topological polar surface area (TPSA) is 96.5 Å². The zero-order valence-electron chi connectivity index (χ0n) is 20.6. The van der Waals surface area contributed by atoms with Crippen molar-refractivity contribution in [1.82, 2.24) is 10.6 Å². The summed E-state index contributed by atoms with van der Waals surface area (Å²) in [5.41, 5.74) is 2.11. The fraction of sp³-hybridized carbons (Fsp3) is 0.345. The highest BCUT2D eigenvalue weighted by atomic mass is 16.5. The van der Waals surface area contributed by atoms with Crippen LogP contribution in [0.5, 0.6) is 0 Å². The van der Waals surface area contributed by atoms with Gasteiger partial charge in [-0.15, -0.1) is 0 Å². The van der Waals surface area contributed by atoms with Crippen LogP contribution in [0.4, 0.5) is 5.69 Å². The third-order valence-corrected chi connectivity index (χ3v) is 6.57. The van der Waals surface area contributed by atoms with Gasteiger partial charge in [0.25, 0.3) is 11.8 Å². The van der Waals surface area contributed by atoms with Gasteiger partial charge in [0.2, 0.25) is 0 Å². The van der Waals surface area contributed by atoms with Crippen LogP contribution in [0.15, 0.2) is 66.7 Å². The van der Waals surface area contributed by atoms with Crippen LogP contribution in [0.2, 0.25) is 0 Å². The lowest BCUT2D eigenvalue weighted by Gasteiger charge is -2.28. The molecule has 3 N–H and O–H groups in total. The van der Waals surface area contributed by atoms with Gasteiger partial charge in [-0.25, -0.2) is 0 Å². The molecular formula is C29H33N3O4. The van der Waals surface area contributed by atoms with Gasteiger partial charge in [-0.05, 0) is 79.8 Å². The van der Waals surface area contributed by atoms with Gasteiger partial charge in [-0.1, -0.05) is 30.3 Å². The molecule has 2 amide bonds. The first-order valence-electron chi connectivity index (χ1n) is 12.6. The van der Waals surface area contributed by atoms with E-state index in [2.05, 4.69) is 16.0 Å². The third kappa shape index (κ3) is 6.62. The standard InChI is InChI=1S/C29H33N3O4/c1-2-36-29(35)22-11-15-26(16-12-22)32-25-13-9-21(10-14-25)27(33)30-17-18-31-28(34)24-8-7-20-5-3-4-6-23(20)19-24/h3-10,13-14,19,22,26,32H,2,11-12,15-18H2,1H3,(H,30,33)(H,31,34). The Labute approximate surface area is 211 Å². The Bertz CT molecular complexity index is 1200. The fourth-order valence-electron chi connectivity index (χ4n) is 4.57. The molecule has 0 radical (unpaired) electrons. The molecule has 1 saturated carbocycles. The Morgan fingerprint density at radius 3 is 2.06 bits per heavy atom. The van der Waals surface area contributed by atoms with E-state index in [4.69, 9.17) is 4.74 Å². The molecule has 0 saturated heterocycles. The van der Waals surface area contributed by atoms with E-state index in [0.29, 0.717) is 36.9 Å². The summed E-state index contributed by atoms with van der Waals surface area (Å²) in [6.45, 7) is 2.93. The van der Waals surface area contributed by atoms with Crippen molar-refractivity contribution in [3.63, 3.8) is 0 Å². The van der Waals surface area contributed by atoms with Gasteiger partial charge in [0.1, 0.15) is 0 Å². The number of fused-ring (bicyclic) bond motifs is 1. The van der Waals surface area contributed by atoms with Gasteiger partial charge in [0.15, 0.2) is 0 Å². The fourth-order valence-corrected chi connectivity index (χ4v) is 4.57. The van der Waals surface area contributed by atoms with E-state index in [1.54, 1.807) is 18.2 Å². The average Bonchev–Trinajstić information content (AvgIpc) is 2.91. The van der Waals surface area contributed by atoms with Crippen molar-refractivity contribution >= 4 is 34.2 Å². The number of ether oxygens (including phenoxy) is 1. The molecule has 3 aromatic rings. The van der Waals surface area contributed by atoms with Gasteiger partial charge >= 0.3 is 5.97 Å². The minimum absolute atomic E-state index is 0.00595. The molecular weight excluding hydrogens is 454 g/mol. The Balaban J connectivity index is 1.18. The number of hydrogen-bond donors (Lipinski definition) is 3. The number of benzene rings is 3. The summed E-state index contributed by atoms with van der Waals surface area (Å²) in [4.78, 5) is 36.8. The predicted octanol–water partition coefficient (Wildman–Crippen LogP) is 4.53. The number of nitrogens with one attached hydrogen (secondary N) is 3. The molecule has 7 heteroatoms. The molecule has 7 nitrogen and oxygen atoms in total. The van der Waals surface area contributed by atoms with E-state index < -0.39 is 0 Å². The molecule has 0 unspecified atom stereocenters. The van der Waals surface area contributed by atoms with Gasteiger partial charge in [0, 0.05) is 35.9 Å². The first-order chi connectivity index (χ1) is 17.5. The lowest BCUT2D eigenvalue weighted by atomic mass is 9.86. The van der Waals surface area contributed by atoms with Gasteiger partial charge in [0.05, 0.1) is 12.5 Å². The SMILES string of the molecule is CCOC(=O)C1CCC(Nc2ccc(C(=O)NCCNC(=O)c3ccc4ccccc4c3)cc2)CC1. The van der Waals surface area contributed by atoms with Crippen LogP contribution >= 0.6 is 0 Å². The van der Waals surface area contributed by atoms with Crippen LogP contribution < -0.4 is 16.0 Å². The van der Waals surface area contributed by atoms with E-state index in [9.17, 15) is 14.4 Å². The number of rotatable bonds is 9. The third-order valence-electron chi connectivity index (χ3n) is 6.57. The van der Waals surface area contributed by atoms with Gasteiger partial charge < -0.3 is 20.7 Å². The molecule has 0 heterocycles. The number of anilines is 1. The van der Waals surface area contributed by atoms with Crippen molar-refractivity contribution < 1.29 is 19.1 Å². The molecule has 4 rings (SSSR count). The van der Waals surface area contributed by atoms with E-state index in [0.717, 1.165) is 42.1 Å². The van der Waals surface area contributed by atoms with Crippen molar-refractivity contribution in [2.45, 2.75) is 38.6 Å². The molecule has 0 spiro atoms. The van der Waals surface area contributed by atoms with E-state index in [-0.39, 0.29) is 23.7 Å². The van der Waals surface area contributed by atoms with Crippen molar-refractivity contribution in [3.8, 4) is 0 Å². The summed E-state index contributed by atoms with van der Waals surface area (Å²) < 4.78 is 5.13. The summed E-state index contributed by atoms with van der Waals surface area (Å²) in [7, 11) is 0. The largest absolute Gasteiger partial charge is 0.466 e. The van der Waals surface area contributed by atoms with E-state index in [1.807, 2.05) is 55.5 Å². The first-order valence-corrected chi connectivity index (χ1v) is 12.6. The molecule has 0 bridgehead atoms. The molecule has 0 aliphatic heterocycles. The Kier molecular flexibility index (Phi) is 8.55. The summed E-state index contributed by atoms with van der Waals surface area (Å²) in [6.07, 6.45) is 3.48. The lowest BCUT2D eigenvalue weighted by Crippen LogP contribution is -2.34. The number of carbonyl (C=O) groups excluding carboxylic acids is 3. The second-order valence-electron chi connectivity index (χ2n) is 9.10. The van der Waals surface area contributed by atoms with Gasteiger partial charge in [-0.3, -0.25) is 14.4 Å². The van der Waals surface area contributed by atoms with Crippen molar-refractivity contribution in [2.75, 3.05) is 25.0 Å². The van der Waals surface area contributed by atoms with Crippen LogP contribution in [0.1, 0.15) is 53.3 Å². The smallest absolute Gasteiger partial charge is 0.308 e. The van der Waals surface area contributed by atoms with Crippen LogP contribution in [0.25, 0.3) is 10.8 Å². The molecule has 3 aromatic carbocycles. The molecule has 0 aromatic heterocycles. The summed E-state index contributed by atoms with van der Waals surface area (Å²) in [5.74, 6) is -0.427. The number of amides is 2. The Morgan fingerprint density at radius 1 is 0.778 bits per heavy atom. The zero-order chi connectivity index (χ0) is 25.3. The minimum atomic E-state index is -0.184. The summed E-state index contributed by atoms with van der Waals surface area (Å²) in [5, 5.41) is 11.3. The average molecular weight is 488 g/mol. The Hall–Kier alpha value is -3.87. The second-order valence-corrected chi connectivity index (χ2v) is 9.10. The highest BCUT2D eigenvalue weighted by Gasteiger charge is 2.27. The van der Waals surface area contributed by atoms with Crippen LogP contribution in [-0.4, -0.2) is 43.5 Å². The summed E-state index contributed by atoms with van der Waals surface area (Å²) in [6, 6.07) is 21.2. The second kappa shape index (κ2) is 12.2. The highest BCUT2D eigenvalue weighted by Crippen LogP contribution is 2.27. The Morgan fingerprint density at radius 2 is 1.39 bits per heavy atom. The summed E-state index contributed by atoms with van der Waals surface area (Å²) >= 11 is 0. The zero-order valence-corrected chi connectivity index (χ0v) is 20.6. The first kappa shape index (κ1) is 25.2. The maximum absolute atomic E-state index is 12.5. The molecule has 1 fully saturated rings. The van der Waals surface area contributed by atoms with Gasteiger partial charge in [-0.2, -0.15) is 0 Å². The molecule has 188 valence electrons. The maximum atomic E-state index is 12.5.